The van der Waals surface area contributed by atoms with Crippen molar-refractivity contribution in [1.29, 1.82) is 0 Å². The molecule has 0 aromatic heterocycles. The van der Waals surface area contributed by atoms with E-state index in [4.69, 9.17) is 4.74 Å². The van der Waals surface area contributed by atoms with E-state index in [1.54, 1.807) is 0 Å². The molecule has 5 heteroatoms. The third-order valence-electron chi connectivity index (χ3n) is 3.22. The SMILES string of the molecule is CNCCCC(=O)Nc1ccc(OCc2ccccc2)cc1.Cl. The minimum atomic E-state index is 0. The van der Waals surface area contributed by atoms with Crippen LogP contribution in [0.5, 0.6) is 5.75 Å². The molecule has 2 aromatic rings. The average Bonchev–Trinajstić information content (AvgIpc) is 2.55. The van der Waals surface area contributed by atoms with E-state index in [1.807, 2.05) is 61.6 Å². The second-order valence-corrected chi connectivity index (χ2v) is 5.05. The molecule has 0 aliphatic carbocycles. The highest BCUT2D eigenvalue weighted by Crippen LogP contribution is 2.17. The smallest absolute Gasteiger partial charge is 0.224 e. The summed E-state index contributed by atoms with van der Waals surface area (Å²) in [5.74, 6) is 0.824. The van der Waals surface area contributed by atoms with Crippen LogP contribution >= 0.6 is 12.4 Å². The maximum atomic E-state index is 11.7. The van der Waals surface area contributed by atoms with Gasteiger partial charge in [-0.25, -0.2) is 0 Å². The fraction of sp³-hybridized carbons (Fsp3) is 0.278. The van der Waals surface area contributed by atoms with Crippen molar-refractivity contribution in [2.24, 2.45) is 0 Å². The van der Waals surface area contributed by atoms with Crippen LogP contribution in [0.15, 0.2) is 54.6 Å². The number of rotatable bonds is 8. The van der Waals surface area contributed by atoms with Gasteiger partial charge in [0.25, 0.3) is 0 Å². The Labute approximate surface area is 143 Å². The zero-order chi connectivity index (χ0) is 15.6. The lowest BCUT2D eigenvalue weighted by molar-refractivity contribution is -0.116. The Bertz CT molecular complexity index is 573. The summed E-state index contributed by atoms with van der Waals surface area (Å²) in [5, 5.41) is 5.90. The first kappa shape index (κ1) is 19.0. The third kappa shape index (κ3) is 7.17. The van der Waals surface area contributed by atoms with Crippen molar-refractivity contribution >= 4 is 24.0 Å². The molecule has 2 aromatic carbocycles. The molecule has 0 aliphatic heterocycles. The Hall–Kier alpha value is -2.04. The molecule has 2 rings (SSSR count). The van der Waals surface area contributed by atoms with Gasteiger partial charge in [0, 0.05) is 12.1 Å². The van der Waals surface area contributed by atoms with Crippen LogP contribution in [0.3, 0.4) is 0 Å². The maximum absolute atomic E-state index is 11.7. The topological polar surface area (TPSA) is 50.4 Å². The largest absolute Gasteiger partial charge is 0.489 e. The van der Waals surface area contributed by atoms with E-state index in [0.717, 1.165) is 30.0 Å². The van der Waals surface area contributed by atoms with Crippen LogP contribution in [0.2, 0.25) is 0 Å². The quantitative estimate of drug-likeness (QED) is 0.725. The number of ether oxygens (including phenoxy) is 1. The van der Waals surface area contributed by atoms with E-state index in [1.165, 1.54) is 0 Å². The molecule has 0 heterocycles. The van der Waals surface area contributed by atoms with E-state index >= 15 is 0 Å². The van der Waals surface area contributed by atoms with Gasteiger partial charge < -0.3 is 15.4 Å². The zero-order valence-electron chi connectivity index (χ0n) is 13.2. The van der Waals surface area contributed by atoms with Gasteiger partial charge in [0.2, 0.25) is 5.91 Å². The lowest BCUT2D eigenvalue weighted by Gasteiger charge is -2.08. The Kier molecular flexibility index (Phi) is 8.80. The van der Waals surface area contributed by atoms with E-state index < -0.39 is 0 Å². The fourth-order valence-corrected chi connectivity index (χ4v) is 2.02. The molecule has 0 atom stereocenters. The highest BCUT2D eigenvalue weighted by Gasteiger charge is 2.02. The van der Waals surface area contributed by atoms with Gasteiger partial charge in [-0.2, -0.15) is 0 Å². The number of carbonyl (C=O) groups excluding carboxylic acids is 1. The van der Waals surface area contributed by atoms with Crippen LogP contribution < -0.4 is 15.4 Å². The van der Waals surface area contributed by atoms with Gasteiger partial charge in [0.1, 0.15) is 12.4 Å². The number of anilines is 1. The van der Waals surface area contributed by atoms with Gasteiger partial charge in [-0.3, -0.25) is 4.79 Å². The number of hydrogen-bond acceptors (Lipinski definition) is 3. The van der Waals surface area contributed by atoms with E-state index in [-0.39, 0.29) is 18.3 Å². The second kappa shape index (κ2) is 10.6. The van der Waals surface area contributed by atoms with Gasteiger partial charge in [0.15, 0.2) is 0 Å². The molecular weight excluding hydrogens is 312 g/mol. The number of halogens is 1. The van der Waals surface area contributed by atoms with E-state index in [0.29, 0.717) is 13.0 Å². The summed E-state index contributed by atoms with van der Waals surface area (Å²) in [6.07, 6.45) is 1.35. The normalized spacial score (nSPS) is 9.78. The maximum Gasteiger partial charge on any atom is 0.224 e. The number of benzene rings is 2. The number of hydrogen-bond donors (Lipinski definition) is 2. The van der Waals surface area contributed by atoms with Gasteiger partial charge in [0.05, 0.1) is 0 Å². The predicted octanol–water partition coefficient (Wildman–Crippen LogP) is 3.63. The van der Waals surface area contributed by atoms with Crippen molar-refractivity contribution in [2.75, 3.05) is 18.9 Å². The molecule has 23 heavy (non-hydrogen) atoms. The molecule has 4 nitrogen and oxygen atoms in total. The Balaban J connectivity index is 0.00000264. The fourth-order valence-electron chi connectivity index (χ4n) is 2.02. The molecule has 124 valence electrons. The summed E-state index contributed by atoms with van der Waals surface area (Å²) in [6.45, 7) is 1.39. The molecule has 0 bridgehead atoms. The molecule has 0 spiro atoms. The van der Waals surface area contributed by atoms with Crippen LogP contribution in [-0.2, 0) is 11.4 Å². The first-order valence-electron chi connectivity index (χ1n) is 7.49. The van der Waals surface area contributed by atoms with Crippen molar-refractivity contribution < 1.29 is 9.53 Å². The molecule has 0 aliphatic rings. The highest BCUT2D eigenvalue weighted by atomic mass is 35.5. The van der Waals surface area contributed by atoms with Crippen molar-refractivity contribution in [3.63, 3.8) is 0 Å². The van der Waals surface area contributed by atoms with Crippen molar-refractivity contribution in [3.8, 4) is 5.75 Å². The molecule has 2 N–H and O–H groups in total. The molecule has 0 saturated carbocycles. The summed E-state index contributed by atoms with van der Waals surface area (Å²) < 4.78 is 5.71. The van der Waals surface area contributed by atoms with Crippen LogP contribution in [-0.4, -0.2) is 19.5 Å². The van der Waals surface area contributed by atoms with Crippen LogP contribution in [0, 0.1) is 0 Å². The Morgan fingerprint density at radius 1 is 1.04 bits per heavy atom. The summed E-state index contributed by atoms with van der Waals surface area (Å²) in [7, 11) is 1.88. The van der Waals surface area contributed by atoms with Gasteiger partial charge in [-0.05, 0) is 49.8 Å². The highest BCUT2D eigenvalue weighted by molar-refractivity contribution is 5.90. The third-order valence-corrected chi connectivity index (χ3v) is 3.22. The average molecular weight is 335 g/mol. The number of amides is 1. The predicted molar refractivity (Wildman–Crippen MR) is 96.3 cm³/mol. The van der Waals surface area contributed by atoms with Gasteiger partial charge in [-0.1, -0.05) is 30.3 Å². The summed E-state index contributed by atoms with van der Waals surface area (Å²) >= 11 is 0. The van der Waals surface area contributed by atoms with Crippen molar-refractivity contribution in [2.45, 2.75) is 19.4 Å². The minimum Gasteiger partial charge on any atom is -0.489 e. The molecule has 0 saturated heterocycles. The Morgan fingerprint density at radius 2 is 1.74 bits per heavy atom. The lowest BCUT2D eigenvalue weighted by Crippen LogP contribution is -2.15. The standard InChI is InChI=1S/C18H22N2O2.ClH/c1-19-13-5-8-18(21)20-16-9-11-17(12-10-16)22-14-15-6-3-2-4-7-15;/h2-4,6-7,9-12,19H,5,8,13-14H2,1H3,(H,20,21);1H. The molecule has 0 radical (unpaired) electrons. The van der Waals surface area contributed by atoms with Crippen molar-refractivity contribution in [3.05, 3.63) is 60.2 Å². The molecule has 0 unspecified atom stereocenters. The number of nitrogens with one attached hydrogen (secondary N) is 2. The molecule has 0 fully saturated rings. The van der Waals surface area contributed by atoms with Crippen LogP contribution in [0.4, 0.5) is 5.69 Å². The molecular formula is C18H23ClN2O2. The number of carbonyl (C=O) groups is 1. The second-order valence-electron chi connectivity index (χ2n) is 5.05. The van der Waals surface area contributed by atoms with E-state index in [2.05, 4.69) is 10.6 Å². The summed E-state index contributed by atoms with van der Waals surface area (Å²) in [5.41, 5.74) is 1.92. The van der Waals surface area contributed by atoms with Gasteiger partial charge >= 0.3 is 0 Å². The lowest BCUT2D eigenvalue weighted by atomic mass is 10.2. The first-order chi connectivity index (χ1) is 10.8. The van der Waals surface area contributed by atoms with Crippen molar-refractivity contribution in [1.82, 2.24) is 5.32 Å². The van der Waals surface area contributed by atoms with E-state index in [9.17, 15) is 4.79 Å². The monoisotopic (exact) mass is 334 g/mol. The summed E-state index contributed by atoms with van der Waals surface area (Å²) in [6, 6.07) is 17.5. The van der Waals surface area contributed by atoms with Crippen LogP contribution in [0.1, 0.15) is 18.4 Å². The first-order valence-corrected chi connectivity index (χ1v) is 7.49. The summed E-state index contributed by atoms with van der Waals surface area (Å²) in [4.78, 5) is 11.7. The Morgan fingerprint density at radius 3 is 2.39 bits per heavy atom. The minimum absolute atomic E-state index is 0. The van der Waals surface area contributed by atoms with Crippen LogP contribution in [0.25, 0.3) is 0 Å². The van der Waals surface area contributed by atoms with Gasteiger partial charge in [-0.15, -0.1) is 12.4 Å². The molecule has 1 amide bonds. The zero-order valence-corrected chi connectivity index (χ0v) is 14.1.